The first-order valence-electron chi connectivity index (χ1n) is 10.2. The molecule has 0 saturated carbocycles. The van der Waals surface area contributed by atoms with Crippen molar-refractivity contribution in [1.29, 1.82) is 0 Å². The third kappa shape index (κ3) is 4.36. The summed E-state index contributed by atoms with van der Waals surface area (Å²) in [6.45, 7) is 5.17. The molecule has 7 heteroatoms. The second-order valence-corrected chi connectivity index (χ2v) is 9.93. The second-order valence-electron chi connectivity index (χ2n) is 8.36. The second kappa shape index (κ2) is 8.85. The van der Waals surface area contributed by atoms with Gasteiger partial charge in [-0.25, -0.2) is 0 Å². The highest BCUT2D eigenvalue weighted by Gasteiger charge is 2.44. The van der Waals surface area contributed by atoms with Gasteiger partial charge >= 0.3 is 0 Å². The summed E-state index contributed by atoms with van der Waals surface area (Å²) in [6.07, 6.45) is 0.268. The number of amides is 2. The summed E-state index contributed by atoms with van der Waals surface area (Å²) in [4.78, 5) is 29.1. The Hall–Kier alpha value is -1.64. The average Bonchev–Trinajstić information content (AvgIpc) is 3.27. The number of rotatable bonds is 5. The molecule has 158 valence electrons. The molecule has 0 radical (unpaired) electrons. The fraction of sp³-hybridized carbons (Fsp3) is 0.391. The Morgan fingerprint density at radius 1 is 1.13 bits per heavy atom. The summed E-state index contributed by atoms with van der Waals surface area (Å²) < 4.78 is 0.983. The predicted octanol–water partition coefficient (Wildman–Crippen LogP) is 3.87. The van der Waals surface area contributed by atoms with E-state index in [1.807, 2.05) is 54.3 Å². The Bertz CT molecular complexity index is 969. The molecule has 4 rings (SSSR count). The van der Waals surface area contributed by atoms with Gasteiger partial charge in [0.1, 0.15) is 0 Å². The van der Waals surface area contributed by atoms with Crippen molar-refractivity contribution in [3.8, 4) is 0 Å². The van der Waals surface area contributed by atoms with Crippen LogP contribution in [0.15, 0.2) is 42.5 Å². The van der Waals surface area contributed by atoms with Crippen LogP contribution in [0.1, 0.15) is 33.9 Å². The Balaban J connectivity index is 1.47. The summed E-state index contributed by atoms with van der Waals surface area (Å²) >= 11 is 8.56. The molecule has 2 aromatic carbocycles. The third-order valence-electron chi connectivity index (χ3n) is 6.32. The Kier molecular flexibility index (Phi) is 6.36. The molecule has 2 heterocycles. The maximum Gasteiger partial charge on any atom is 0.254 e. The number of halogens is 2. The molecule has 0 aromatic heterocycles. The number of nitrogens with two attached hydrogens (primary N) is 1. The average molecular weight is 538 g/mol. The minimum atomic E-state index is -0.316. The minimum Gasteiger partial charge on any atom is -0.370 e. The van der Waals surface area contributed by atoms with Crippen molar-refractivity contribution in [3.05, 3.63) is 67.7 Å². The number of likely N-dealkylation sites (tertiary alicyclic amines) is 2. The van der Waals surface area contributed by atoms with Crippen LogP contribution in [0, 0.1) is 22.3 Å². The van der Waals surface area contributed by atoms with Crippen molar-refractivity contribution in [2.24, 2.45) is 17.6 Å². The van der Waals surface area contributed by atoms with Crippen LogP contribution < -0.4 is 5.73 Å². The molecule has 0 bridgehead atoms. The van der Waals surface area contributed by atoms with Gasteiger partial charge in [-0.1, -0.05) is 35.9 Å². The van der Waals surface area contributed by atoms with Gasteiger partial charge in [0.15, 0.2) is 0 Å². The van der Waals surface area contributed by atoms with Crippen LogP contribution in [-0.2, 0) is 4.79 Å². The summed E-state index contributed by atoms with van der Waals surface area (Å²) in [7, 11) is 0. The van der Waals surface area contributed by atoms with E-state index >= 15 is 0 Å². The molecule has 0 spiro atoms. The van der Waals surface area contributed by atoms with Gasteiger partial charge in [-0.15, -0.1) is 0 Å². The number of carbonyl (C=O) groups is 2. The van der Waals surface area contributed by atoms with Crippen molar-refractivity contribution in [1.82, 2.24) is 9.80 Å². The summed E-state index contributed by atoms with van der Waals surface area (Å²) in [5.41, 5.74) is 8.38. The minimum absolute atomic E-state index is 0.0783. The van der Waals surface area contributed by atoms with E-state index in [1.54, 1.807) is 0 Å². The fourth-order valence-electron chi connectivity index (χ4n) is 4.72. The SMILES string of the molecule is Cc1ccc(C(CC(N)=O)N2CC3CN(C(=O)c4ccccc4I)CC3C2)cc1Cl. The predicted molar refractivity (Wildman–Crippen MR) is 126 cm³/mol. The lowest BCUT2D eigenvalue weighted by atomic mass is 10.0. The number of benzene rings is 2. The van der Waals surface area contributed by atoms with E-state index in [4.69, 9.17) is 17.3 Å². The van der Waals surface area contributed by atoms with Gasteiger partial charge in [-0.3, -0.25) is 14.5 Å². The van der Waals surface area contributed by atoms with Crippen LogP contribution in [0.4, 0.5) is 0 Å². The highest BCUT2D eigenvalue weighted by Crippen LogP contribution is 2.38. The van der Waals surface area contributed by atoms with Gasteiger partial charge in [0.25, 0.3) is 5.91 Å². The first-order valence-corrected chi connectivity index (χ1v) is 11.6. The lowest BCUT2D eigenvalue weighted by Gasteiger charge is -2.29. The number of aryl methyl sites for hydroxylation is 1. The number of primary amides is 1. The largest absolute Gasteiger partial charge is 0.370 e. The maximum absolute atomic E-state index is 13.0. The lowest BCUT2D eigenvalue weighted by Crippen LogP contribution is -2.36. The molecule has 2 amide bonds. The molecule has 3 unspecified atom stereocenters. The first-order chi connectivity index (χ1) is 14.3. The van der Waals surface area contributed by atoms with E-state index in [1.165, 1.54) is 0 Å². The van der Waals surface area contributed by atoms with E-state index < -0.39 is 0 Å². The molecule has 2 aromatic rings. The van der Waals surface area contributed by atoms with Gasteiger partial charge in [0.05, 0.1) is 5.56 Å². The standard InChI is InChI=1S/C23H25ClIN3O2/c1-14-6-7-15(8-19(14)24)21(9-22(26)29)27-10-16-12-28(13-17(16)11-27)23(30)18-4-2-3-5-20(18)25/h2-8,16-17,21H,9-13H2,1H3,(H2,26,29). The van der Waals surface area contributed by atoms with E-state index in [9.17, 15) is 9.59 Å². The summed E-state index contributed by atoms with van der Waals surface area (Å²) in [5, 5.41) is 0.704. The van der Waals surface area contributed by atoms with Gasteiger partial charge < -0.3 is 10.6 Å². The van der Waals surface area contributed by atoms with Crippen LogP contribution in [0.5, 0.6) is 0 Å². The van der Waals surface area contributed by atoms with Crippen molar-refractivity contribution >= 4 is 46.0 Å². The molecule has 2 aliphatic rings. The normalized spacial score (nSPS) is 22.2. The number of nitrogens with zero attached hydrogens (tertiary/aromatic N) is 2. The van der Waals surface area contributed by atoms with Gasteiger partial charge in [0.2, 0.25) is 5.91 Å². The number of carbonyl (C=O) groups excluding carboxylic acids is 2. The molecule has 30 heavy (non-hydrogen) atoms. The summed E-state index contributed by atoms with van der Waals surface area (Å²) in [5.74, 6) is 0.613. The number of hydrogen-bond donors (Lipinski definition) is 1. The monoisotopic (exact) mass is 537 g/mol. The molecular formula is C23H25ClIN3O2. The van der Waals surface area contributed by atoms with Gasteiger partial charge in [-0.05, 0) is 70.7 Å². The topological polar surface area (TPSA) is 66.6 Å². The maximum atomic E-state index is 13.0. The number of fused-ring (bicyclic) bond motifs is 1. The third-order valence-corrected chi connectivity index (χ3v) is 7.67. The zero-order valence-corrected chi connectivity index (χ0v) is 19.8. The summed E-state index contributed by atoms with van der Waals surface area (Å²) in [6, 6.07) is 13.6. The quantitative estimate of drug-likeness (QED) is 0.589. The van der Waals surface area contributed by atoms with Crippen molar-refractivity contribution in [3.63, 3.8) is 0 Å². The van der Waals surface area contributed by atoms with Crippen LogP contribution in [0.25, 0.3) is 0 Å². The van der Waals surface area contributed by atoms with Crippen LogP contribution >= 0.6 is 34.2 Å². The zero-order chi connectivity index (χ0) is 21.4. The fourth-order valence-corrected chi connectivity index (χ4v) is 5.53. The van der Waals surface area contributed by atoms with Crippen LogP contribution in [0.3, 0.4) is 0 Å². The molecule has 2 saturated heterocycles. The van der Waals surface area contributed by atoms with Crippen molar-refractivity contribution in [2.45, 2.75) is 19.4 Å². The van der Waals surface area contributed by atoms with E-state index in [0.717, 1.165) is 46.4 Å². The van der Waals surface area contributed by atoms with Crippen molar-refractivity contribution in [2.75, 3.05) is 26.2 Å². The lowest BCUT2D eigenvalue weighted by molar-refractivity contribution is -0.119. The highest BCUT2D eigenvalue weighted by molar-refractivity contribution is 14.1. The Morgan fingerprint density at radius 2 is 1.80 bits per heavy atom. The van der Waals surface area contributed by atoms with Crippen LogP contribution in [0.2, 0.25) is 5.02 Å². The highest BCUT2D eigenvalue weighted by atomic mass is 127. The van der Waals surface area contributed by atoms with Crippen molar-refractivity contribution < 1.29 is 9.59 Å². The number of hydrogen-bond acceptors (Lipinski definition) is 3. The van der Waals surface area contributed by atoms with Crippen LogP contribution in [-0.4, -0.2) is 47.8 Å². The molecular weight excluding hydrogens is 513 g/mol. The Morgan fingerprint density at radius 3 is 2.40 bits per heavy atom. The molecule has 3 atom stereocenters. The molecule has 0 aliphatic carbocycles. The Labute approximate surface area is 195 Å². The molecule has 2 fully saturated rings. The van der Waals surface area contributed by atoms with E-state index in [0.29, 0.717) is 16.9 Å². The molecule has 2 N–H and O–H groups in total. The smallest absolute Gasteiger partial charge is 0.254 e. The van der Waals surface area contributed by atoms with Gasteiger partial charge in [0, 0.05) is 47.2 Å². The van der Waals surface area contributed by atoms with E-state index in [2.05, 4.69) is 27.5 Å². The molecule has 5 nitrogen and oxygen atoms in total. The van der Waals surface area contributed by atoms with E-state index in [-0.39, 0.29) is 24.3 Å². The van der Waals surface area contributed by atoms with Gasteiger partial charge in [-0.2, -0.15) is 0 Å². The first kappa shape index (κ1) is 21.6. The zero-order valence-electron chi connectivity index (χ0n) is 16.9. The molecule has 2 aliphatic heterocycles.